The largest absolute Gasteiger partial charge is 0.287 e. The minimum atomic E-state index is -0.0705. The highest BCUT2D eigenvalue weighted by Gasteiger charge is 2.31. The predicted octanol–water partition coefficient (Wildman–Crippen LogP) is 4.09. The average molecular weight is 404 g/mol. The number of alkyl halides is 1. The van der Waals surface area contributed by atoms with Crippen LogP contribution in [0.2, 0.25) is 0 Å². The number of nitrogens with one attached hydrogen (secondary N) is 1. The first kappa shape index (κ1) is 14.8. The lowest BCUT2D eigenvalue weighted by molar-refractivity contribution is -0.122. The summed E-state index contributed by atoms with van der Waals surface area (Å²) in [7, 11) is 0. The fourth-order valence-corrected chi connectivity index (χ4v) is 3.05. The number of halogens is 2. The summed E-state index contributed by atoms with van der Waals surface area (Å²) in [6.45, 7) is 0.591. The Bertz CT molecular complexity index is 528. The van der Waals surface area contributed by atoms with Crippen molar-refractivity contribution in [2.75, 3.05) is 11.9 Å². The molecule has 0 saturated carbocycles. The molecule has 0 aromatic heterocycles. The first-order chi connectivity index (χ1) is 9.11. The van der Waals surface area contributed by atoms with Gasteiger partial charge in [-0.3, -0.25) is 15.1 Å². The molecule has 1 N–H and O–H groups in total. The van der Waals surface area contributed by atoms with Crippen molar-refractivity contribution in [2.45, 2.75) is 6.42 Å². The average Bonchev–Trinajstić information content (AvgIpc) is 2.65. The first-order valence-electron chi connectivity index (χ1n) is 5.73. The van der Waals surface area contributed by atoms with Gasteiger partial charge in [0.2, 0.25) is 0 Å². The van der Waals surface area contributed by atoms with Gasteiger partial charge in [-0.1, -0.05) is 44.0 Å². The van der Waals surface area contributed by atoms with Crippen LogP contribution in [0.25, 0.3) is 6.08 Å². The van der Waals surface area contributed by atoms with Gasteiger partial charge in [0.15, 0.2) is 5.17 Å². The van der Waals surface area contributed by atoms with Gasteiger partial charge in [0.25, 0.3) is 5.91 Å². The summed E-state index contributed by atoms with van der Waals surface area (Å²) in [4.78, 5) is 14.3. The number of benzene rings is 1. The van der Waals surface area contributed by atoms with Crippen LogP contribution in [0, 0.1) is 5.41 Å². The van der Waals surface area contributed by atoms with Gasteiger partial charge in [-0.25, -0.2) is 0 Å². The van der Waals surface area contributed by atoms with Crippen LogP contribution in [-0.2, 0) is 4.79 Å². The van der Waals surface area contributed by atoms with Crippen LogP contribution in [0.15, 0.2) is 33.6 Å². The number of hydrogen-bond acceptors (Lipinski definition) is 3. The van der Waals surface area contributed by atoms with E-state index in [2.05, 4.69) is 31.9 Å². The summed E-state index contributed by atoms with van der Waals surface area (Å²) in [5.41, 5.74) is 0.967. The van der Waals surface area contributed by atoms with Gasteiger partial charge in [-0.15, -0.1) is 0 Å². The van der Waals surface area contributed by atoms with Gasteiger partial charge in [0.05, 0.1) is 4.91 Å². The topological polar surface area (TPSA) is 44.2 Å². The minimum absolute atomic E-state index is 0.0705. The summed E-state index contributed by atoms with van der Waals surface area (Å²) in [6.07, 6.45) is 2.68. The molecule has 1 aromatic rings. The first-order valence-corrected chi connectivity index (χ1v) is 8.46. The number of carbonyl (C=O) groups is 1. The number of nitrogens with zero attached hydrogens (tertiary/aromatic N) is 1. The van der Waals surface area contributed by atoms with Gasteiger partial charge in [0, 0.05) is 16.3 Å². The lowest BCUT2D eigenvalue weighted by Crippen LogP contribution is -2.29. The molecule has 100 valence electrons. The van der Waals surface area contributed by atoms with Crippen LogP contribution in [0.4, 0.5) is 0 Å². The zero-order valence-corrected chi connectivity index (χ0v) is 14.0. The van der Waals surface area contributed by atoms with E-state index in [0.717, 1.165) is 21.8 Å². The van der Waals surface area contributed by atoms with E-state index < -0.39 is 0 Å². The van der Waals surface area contributed by atoms with Crippen molar-refractivity contribution >= 4 is 60.8 Å². The number of hydrogen-bond donors (Lipinski definition) is 1. The van der Waals surface area contributed by atoms with E-state index in [4.69, 9.17) is 5.41 Å². The molecule has 1 aliphatic rings. The van der Waals surface area contributed by atoms with E-state index in [1.54, 1.807) is 0 Å². The van der Waals surface area contributed by atoms with Crippen molar-refractivity contribution in [3.05, 3.63) is 39.2 Å². The second kappa shape index (κ2) is 6.72. The maximum Gasteiger partial charge on any atom is 0.266 e. The quantitative estimate of drug-likeness (QED) is 0.607. The maximum atomic E-state index is 12.2. The van der Waals surface area contributed by atoms with E-state index in [9.17, 15) is 4.79 Å². The highest BCUT2D eigenvalue weighted by atomic mass is 79.9. The Labute approximate surface area is 133 Å². The second-order valence-electron chi connectivity index (χ2n) is 3.97. The van der Waals surface area contributed by atoms with Crippen LogP contribution < -0.4 is 0 Å². The lowest BCUT2D eigenvalue weighted by Gasteiger charge is -2.12. The Morgan fingerprint density at radius 2 is 2.00 bits per heavy atom. The molecule has 0 aliphatic carbocycles. The highest BCUT2D eigenvalue weighted by Crippen LogP contribution is 2.31. The number of carbonyl (C=O) groups excluding carboxylic acids is 1. The maximum absolute atomic E-state index is 12.2. The third-order valence-corrected chi connectivity index (χ3v) is 4.61. The molecule has 0 bridgehead atoms. The van der Waals surface area contributed by atoms with Gasteiger partial charge in [-0.05, 0) is 42.0 Å². The smallest absolute Gasteiger partial charge is 0.266 e. The summed E-state index contributed by atoms with van der Waals surface area (Å²) >= 11 is 7.94. The highest BCUT2D eigenvalue weighted by molar-refractivity contribution is 9.10. The zero-order chi connectivity index (χ0) is 13.8. The third-order valence-electron chi connectivity index (χ3n) is 2.59. The summed E-state index contributed by atoms with van der Waals surface area (Å²) < 4.78 is 1.01. The molecule has 1 saturated heterocycles. The van der Waals surface area contributed by atoms with Crippen LogP contribution in [0.1, 0.15) is 12.0 Å². The Morgan fingerprint density at radius 3 is 2.63 bits per heavy atom. The molecule has 6 heteroatoms. The van der Waals surface area contributed by atoms with Gasteiger partial charge >= 0.3 is 0 Å². The predicted molar refractivity (Wildman–Crippen MR) is 87.6 cm³/mol. The van der Waals surface area contributed by atoms with E-state index in [1.807, 2.05) is 30.3 Å². The molecule has 2 rings (SSSR count). The molecule has 19 heavy (non-hydrogen) atoms. The monoisotopic (exact) mass is 402 g/mol. The molecule has 1 fully saturated rings. The number of rotatable bonds is 4. The van der Waals surface area contributed by atoms with Crippen molar-refractivity contribution in [1.82, 2.24) is 4.90 Å². The van der Waals surface area contributed by atoms with Gasteiger partial charge in [0.1, 0.15) is 0 Å². The third kappa shape index (κ3) is 3.70. The Morgan fingerprint density at radius 1 is 1.32 bits per heavy atom. The van der Waals surface area contributed by atoms with Crippen LogP contribution in [-0.4, -0.2) is 27.8 Å². The van der Waals surface area contributed by atoms with E-state index in [-0.39, 0.29) is 5.91 Å². The van der Waals surface area contributed by atoms with Crippen molar-refractivity contribution in [1.29, 1.82) is 5.41 Å². The fourth-order valence-electron chi connectivity index (χ4n) is 1.65. The Hall–Kier alpha value is -0.590. The van der Waals surface area contributed by atoms with Gasteiger partial charge in [-0.2, -0.15) is 0 Å². The van der Waals surface area contributed by atoms with E-state index in [1.165, 1.54) is 16.7 Å². The normalized spacial score (nSPS) is 17.6. The SMILES string of the molecule is N=C1SC(=Cc2ccc(Br)cc2)C(=O)N1CCCBr. The molecule has 0 unspecified atom stereocenters. The second-order valence-corrected chi connectivity index (χ2v) is 6.71. The summed E-state index contributed by atoms with van der Waals surface area (Å²) in [5, 5.41) is 9.00. The number of amidine groups is 1. The Balaban J connectivity index is 2.16. The zero-order valence-electron chi connectivity index (χ0n) is 10.0. The molecule has 0 spiro atoms. The minimum Gasteiger partial charge on any atom is -0.287 e. The van der Waals surface area contributed by atoms with E-state index in [0.29, 0.717) is 16.6 Å². The standard InChI is InChI=1S/C13H12Br2N2OS/c14-6-1-7-17-12(18)11(19-13(17)16)8-9-2-4-10(15)5-3-9/h2-5,8,16H,1,6-7H2. The van der Waals surface area contributed by atoms with Gasteiger partial charge < -0.3 is 0 Å². The molecular weight excluding hydrogens is 392 g/mol. The fraction of sp³-hybridized carbons (Fsp3) is 0.231. The molecule has 1 aromatic carbocycles. The van der Waals surface area contributed by atoms with E-state index >= 15 is 0 Å². The summed E-state index contributed by atoms with van der Waals surface area (Å²) in [6, 6.07) is 7.75. The molecular formula is C13H12Br2N2OS. The van der Waals surface area contributed by atoms with Crippen molar-refractivity contribution < 1.29 is 4.79 Å². The summed E-state index contributed by atoms with van der Waals surface area (Å²) in [5.74, 6) is -0.0705. The van der Waals surface area contributed by atoms with Crippen LogP contribution >= 0.6 is 43.6 Å². The van der Waals surface area contributed by atoms with Crippen molar-refractivity contribution in [2.24, 2.45) is 0 Å². The molecule has 0 atom stereocenters. The van der Waals surface area contributed by atoms with Crippen molar-refractivity contribution in [3.63, 3.8) is 0 Å². The van der Waals surface area contributed by atoms with Crippen molar-refractivity contribution in [3.8, 4) is 0 Å². The lowest BCUT2D eigenvalue weighted by atomic mass is 10.2. The number of amides is 1. The van der Waals surface area contributed by atoms with Crippen LogP contribution in [0.3, 0.4) is 0 Å². The molecule has 1 heterocycles. The molecule has 3 nitrogen and oxygen atoms in total. The molecule has 0 radical (unpaired) electrons. The number of thioether (sulfide) groups is 1. The molecule has 1 aliphatic heterocycles. The Kier molecular flexibility index (Phi) is 5.24. The molecule has 1 amide bonds. The van der Waals surface area contributed by atoms with Crippen LogP contribution in [0.5, 0.6) is 0 Å².